The molecule has 0 unspecified atom stereocenters. The fourth-order valence-electron chi connectivity index (χ4n) is 6.74. The molecule has 1 aromatic rings. The molecule has 8 nitrogen and oxygen atoms in total. The van der Waals surface area contributed by atoms with Crippen molar-refractivity contribution in [2.24, 2.45) is 5.92 Å². The van der Waals surface area contributed by atoms with Gasteiger partial charge in [-0.25, -0.2) is 13.2 Å². The number of benzene rings is 1. The van der Waals surface area contributed by atoms with E-state index in [0.29, 0.717) is 12.5 Å². The summed E-state index contributed by atoms with van der Waals surface area (Å²) in [6, 6.07) is 10.7. The summed E-state index contributed by atoms with van der Waals surface area (Å²) in [5.41, 5.74) is 1.03. The van der Waals surface area contributed by atoms with Gasteiger partial charge in [0.1, 0.15) is 6.54 Å². The van der Waals surface area contributed by atoms with Crippen molar-refractivity contribution >= 4 is 21.8 Å². The molecule has 198 valence electrons. The average Bonchev–Trinajstić information content (AvgIpc) is 3.07. The molecule has 36 heavy (non-hydrogen) atoms. The smallest absolute Gasteiger partial charge is 0.321 e. The Bertz CT molecular complexity index is 1060. The van der Waals surface area contributed by atoms with Gasteiger partial charge in [0.15, 0.2) is 9.84 Å². The molecule has 2 heterocycles. The highest BCUT2D eigenvalue weighted by Crippen LogP contribution is 2.49. The van der Waals surface area contributed by atoms with Gasteiger partial charge in [0.2, 0.25) is 5.91 Å². The molecule has 4 aliphatic rings. The minimum absolute atomic E-state index is 0.0104. The van der Waals surface area contributed by atoms with E-state index in [-0.39, 0.29) is 54.2 Å². The van der Waals surface area contributed by atoms with Gasteiger partial charge in [-0.3, -0.25) is 9.69 Å². The van der Waals surface area contributed by atoms with Crippen molar-refractivity contribution in [2.45, 2.75) is 56.0 Å². The van der Waals surface area contributed by atoms with Crippen molar-refractivity contribution < 1.29 is 18.0 Å². The second-order valence-corrected chi connectivity index (χ2v) is 13.9. The SMILES string of the molecule is CN(C)C1(c2ccccc2)CCC2(CC1)CN(CC(=O)N1CCS(=O)(=O)CC1)C(=O)N2CC1CCC1. The third kappa shape index (κ3) is 4.64. The predicted molar refractivity (Wildman–Crippen MR) is 139 cm³/mol. The highest BCUT2D eigenvalue weighted by atomic mass is 32.2. The van der Waals surface area contributed by atoms with Crippen molar-refractivity contribution in [3.05, 3.63) is 35.9 Å². The lowest BCUT2D eigenvalue weighted by atomic mass is 9.68. The molecule has 0 radical (unpaired) electrons. The Morgan fingerprint density at radius 3 is 2.22 bits per heavy atom. The lowest BCUT2D eigenvalue weighted by molar-refractivity contribution is -0.131. The van der Waals surface area contributed by atoms with Crippen LogP contribution >= 0.6 is 0 Å². The number of sulfone groups is 1. The van der Waals surface area contributed by atoms with Crippen LogP contribution in [0.25, 0.3) is 0 Å². The number of carbonyl (C=O) groups is 2. The zero-order valence-electron chi connectivity index (χ0n) is 21.7. The first-order chi connectivity index (χ1) is 17.1. The number of carbonyl (C=O) groups excluding carboxylic acids is 2. The van der Waals surface area contributed by atoms with E-state index >= 15 is 0 Å². The van der Waals surface area contributed by atoms with Gasteiger partial charge in [-0.2, -0.15) is 0 Å². The summed E-state index contributed by atoms with van der Waals surface area (Å²) < 4.78 is 23.6. The molecule has 1 spiro atoms. The lowest BCUT2D eigenvalue weighted by Gasteiger charge is -2.51. The first-order valence-corrected chi connectivity index (χ1v) is 15.2. The minimum atomic E-state index is -3.06. The first kappa shape index (κ1) is 25.5. The van der Waals surface area contributed by atoms with Gasteiger partial charge in [-0.05, 0) is 64.1 Å². The molecule has 9 heteroatoms. The summed E-state index contributed by atoms with van der Waals surface area (Å²) in [5, 5.41) is 0. The second-order valence-electron chi connectivity index (χ2n) is 11.6. The molecular weight excluding hydrogens is 476 g/mol. The molecule has 0 atom stereocenters. The van der Waals surface area contributed by atoms with Crippen LogP contribution in [0.15, 0.2) is 30.3 Å². The molecule has 5 rings (SSSR count). The highest BCUT2D eigenvalue weighted by molar-refractivity contribution is 7.91. The van der Waals surface area contributed by atoms with Gasteiger partial charge in [0, 0.05) is 31.7 Å². The Kier molecular flexibility index (Phi) is 6.83. The Morgan fingerprint density at radius 2 is 1.67 bits per heavy atom. The maximum absolute atomic E-state index is 13.7. The minimum Gasteiger partial charge on any atom is -0.339 e. The van der Waals surface area contributed by atoms with Gasteiger partial charge in [0.05, 0.1) is 17.0 Å². The Hall–Kier alpha value is -2.13. The molecule has 0 aromatic heterocycles. The molecular formula is C27H40N4O4S. The van der Waals surface area contributed by atoms with Gasteiger partial charge in [-0.1, -0.05) is 36.8 Å². The van der Waals surface area contributed by atoms with E-state index in [9.17, 15) is 18.0 Å². The number of hydrogen-bond acceptors (Lipinski definition) is 5. The highest BCUT2D eigenvalue weighted by Gasteiger charge is 2.55. The third-order valence-electron chi connectivity index (χ3n) is 9.42. The number of rotatable bonds is 6. The third-order valence-corrected chi connectivity index (χ3v) is 11.0. The van der Waals surface area contributed by atoms with E-state index in [0.717, 1.165) is 32.2 Å². The zero-order chi connectivity index (χ0) is 25.6. The van der Waals surface area contributed by atoms with Crippen molar-refractivity contribution in [1.29, 1.82) is 0 Å². The van der Waals surface area contributed by atoms with Gasteiger partial charge in [-0.15, -0.1) is 0 Å². The van der Waals surface area contributed by atoms with Crippen molar-refractivity contribution in [1.82, 2.24) is 19.6 Å². The fourth-order valence-corrected chi connectivity index (χ4v) is 7.94. The zero-order valence-corrected chi connectivity index (χ0v) is 22.5. The number of amides is 3. The van der Waals surface area contributed by atoms with E-state index in [1.165, 1.54) is 24.8 Å². The van der Waals surface area contributed by atoms with Crippen LogP contribution in [-0.4, -0.2) is 104 Å². The van der Waals surface area contributed by atoms with Crippen LogP contribution < -0.4 is 0 Å². The average molecular weight is 517 g/mol. The summed E-state index contributed by atoms with van der Waals surface area (Å²) in [5.74, 6) is 0.442. The van der Waals surface area contributed by atoms with Crippen LogP contribution in [0.1, 0.15) is 50.5 Å². The standard InChI is InChI=1S/C27H40N4O4S/c1-28(2)27(23-9-4-3-5-10-23)13-11-26(12-14-27)21-30(25(33)31(26)19-22-7-6-8-22)20-24(32)29-15-17-36(34,35)18-16-29/h3-5,9-10,22H,6-8,11-21H2,1-2H3. The monoisotopic (exact) mass is 516 g/mol. The topological polar surface area (TPSA) is 81.2 Å². The molecule has 3 amide bonds. The first-order valence-electron chi connectivity index (χ1n) is 13.4. The summed E-state index contributed by atoms with van der Waals surface area (Å²) in [7, 11) is 1.25. The molecule has 4 fully saturated rings. The van der Waals surface area contributed by atoms with E-state index in [2.05, 4.69) is 54.2 Å². The van der Waals surface area contributed by atoms with Crippen LogP contribution in [-0.2, 0) is 20.2 Å². The van der Waals surface area contributed by atoms with E-state index < -0.39 is 9.84 Å². The number of hydrogen-bond donors (Lipinski definition) is 0. The van der Waals surface area contributed by atoms with Crippen molar-refractivity contribution in [3.63, 3.8) is 0 Å². The quantitative estimate of drug-likeness (QED) is 0.581. The van der Waals surface area contributed by atoms with Crippen molar-refractivity contribution in [2.75, 3.05) is 58.3 Å². The molecule has 2 saturated heterocycles. The van der Waals surface area contributed by atoms with E-state index in [1.54, 1.807) is 9.80 Å². The molecule has 2 aliphatic heterocycles. The van der Waals surface area contributed by atoms with E-state index in [4.69, 9.17) is 0 Å². The Labute approximate surface area is 215 Å². The predicted octanol–water partition coefficient (Wildman–Crippen LogP) is 2.55. The summed E-state index contributed by atoms with van der Waals surface area (Å²) in [4.78, 5) is 34.6. The fraction of sp³-hybridized carbons (Fsp3) is 0.704. The van der Waals surface area contributed by atoms with Crippen LogP contribution in [0, 0.1) is 5.92 Å². The van der Waals surface area contributed by atoms with Crippen LogP contribution in [0.4, 0.5) is 4.79 Å². The maximum Gasteiger partial charge on any atom is 0.321 e. The van der Waals surface area contributed by atoms with Crippen molar-refractivity contribution in [3.8, 4) is 0 Å². The lowest BCUT2D eigenvalue weighted by Crippen LogP contribution is -2.56. The Morgan fingerprint density at radius 1 is 1.03 bits per heavy atom. The van der Waals surface area contributed by atoms with Crippen LogP contribution in [0.3, 0.4) is 0 Å². The summed E-state index contributed by atoms with van der Waals surface area (Å²) in [6.07, 6.45) is 7.32. The number of urea groups is 1. The van der Waals surface area contributed by atoms with Crippen LogP contribution in [0.2, 0.25) is 0 Å². The van der Waals surface area contributed by atoms with Crippen LogP contribution in [0.5, 0.6) is 0 Å². The summed E-state index contributed by atoms with van der Waals surface area (Å²) in [6.45, 7) is 1.85. The van der Waals surface area contributed by atoms with Gasteiger partial charge in [0.25, 0.3) is 0 Å². The largest absolute Gasteiger partial charge is 0.339 e. The molecule has 0 N–H and O–H groups in total. The summed E-state index contributed by atoms with van der Waals surface area (Å²) >= 11 is 0. The number of nitrogens with zero attached hydrogens (tertiary/aromatic N) is 4. The Balaban J connectivity index is 1.33. The molecule has 2 aliphatic carbocycles. The second kappa shape index (κ2) is 9.63. The molecule has 0 bridgehead atoms. The van der Waals surface area contributed by atoms with E-state index in [1.807, 2.05) is 0 Å². The normalized spacial score (nSPS) is 30.8. The maximum atomic E-state index is 13.7. The molecule has 2 saturated carbocycles. The molecule has 1 aromatic carbocycles. The van der Waals surface area contributed by atoms with Gasteiger partial charge >= 0.3 is 6.03 Å². The van der Waals surface area contributed by atoms with Gasteiger partial charge < -0.3 is 14.7 Å².